The highest BCUT2D eigenvalue weighted by molar-refractivity contribution is 7.89. The van der Waals surface area contributed by atoms with Crippen LogP contribution in [0.1, 0.15) is 39.7 Å². The molecule has 0 aromatic heterocycles. The Bertz CT molecular complexity index is 1060. The lowest BCUT2D eigenvalue weighted by molar-refractivity contribution is -0.130. The Hall–Kier alpha value is -2.34. The highest BCUT2D eigenvalue weighted by Gasteiger charge is 2.51. The van der Waals surface area contributed by atoms with Gasteiger partial charge in [0, 0.05) is 25.7 Å². The van der Waals surface area contributed by atoms with Crippen molar-refractivity contribution in [2.45, 2.75) is 64.8 Å². The van der Waals surface area contributed by atoms with Crippen molar-refractivity contribution in [2.75, 3.05) is 25.9 Å². The molecule has 5 atom stereocenters. The molecule has 5 unspecified atom stereocenters. The molecule has 0 saturated carbocycles. The third-order valence-corrected chi connectivity index (χ3v) is 8.84. The van der Waals surface area contributed by atoms with Gasteiger partial charge in [0.25, 0.3) is 0 Å². The smallest absolute Gasteiger partial charge is 0.237 e. The average Bonchev–Trinajstić information content (AvgIpc) is 3.42. The lowest BCUT2D eigenvalue weighted by atomic mass is 9.84. The number of carbonyl (C=O) groups excluding carboxylic acids is 3. The van der Waals surface area contributed by atoms with Gasteiger partial charge in [-0.1, -0.05) is 51.1 Å². The van der Waals surface area contributed by atoms with Crippen LogP contribution >= 0.6 is 0 Å². The van der Waals surface area contributed by atoms with Crippen LogP contribution < -0.4 is 21.3 Å². The van der Waals surface area contributed by atoms with Gasteiger partial charge in [0.2, 0.25) is 21.8 Å². The molecular formula is C25H39N5O5S. The SMILES string of the molecule is CNC(C)C(=O)NC(C(=O)CS(=O)(=O)N1CCC2NCC(C(=O)NCc3ccccc3)C21)C(C)(C)C. The Balaban J connectivity index is 1.71. The van der Waals surface area contributed by atoms with Crippen LogP contribution in [0.5, 0.6) is 0 Å². The van der Waals surface area contributed by atoms with Crippen molar-refractivity contribution in [3.63, 3.8) is 0 Å². The van der Waals surface area contributed by atoms with Gasteiger partial charge in [0.15, 0.2) is 5.78 Å². The number of nitrogens with one attached hydrogen (secondary N) is 4. The fourth-order valence-corrected chi connectivity index (χ4v) is 6.64. The van der Waals surface area contributed by atoms with E-state index < -0.39 is 51.0 Å². The number of hydrogen-bond acceptors (Lipinski definition) is 7. The molecule has 0 aliphatic carbocycles. The molecule has 3 rings (SSSR count). The molecule has 11 heteroatoms. The molecule has 2 amide bonds. The Morgan fingerprint density at radius 3 is 2.44 bits per heavy atom. The van der Waals surface area contributed by atoms with E-state index in [0.29, 0.717) is 19.5 Å². The molecular weight excluding hydrogens is 482 g/mol. The zero-order valence-corrected chi connectivity index (χ0v) is 22.5. The van der Waals surface area contributed by atoms with Crippen molar-refractivity contribution in [1.29, 1.82) is 0 Å². The number of rotatable bonds is 10. The molecule has 36 heavy (non-hydrogen) atoms. The number of nitrogens with zero attached hydrogens (tertiary/aromatic N) is 1. The molecule has 1 aromatic carbocycles. The minimum absolute atomic E-state index is 0.142. The third kappa shape index (κ3) is 6.50. The first-order chi connectivity index (χ1) is 16.8. The summed E-state index contributed by atoms with van der Waals surface area (Å²) >= 11 is 0. The Morgan fingerprint density at radius 2 is 1.83 bits per heavy atom. The minimum atomic E-state index is -4.02. The van der Waals surface area contributed by atoms with Crippen LogP contribution in [0.4, 0.5) is 0 Å². The summed E-state index contributed by atoms with van der Waals surface area (Å²) in [5.74, 6) is -2.45. The summed E-state index contributed by atoms with van der Waals surface area (Å²) in [5, 5.41) is 11.7. The lowest BCUT2D eigenvalue weighted by Crippen LogP contribution is -2.56. The van der Waals surface area contributed by atoms with Gasteiger partial charge in [-0.05, 0) is 31.4 Å². The Kier molecular flexibility index (Phi) is 8.92. The second-order valence-corrected chi connectivity index (χ2v) is 12.7. The van der Waals surface area contributed by atoms with Gasteiger partial charge >= 0.3 is 0 Å². The number of likely N-dealkylation sites (N-methyl/N-ethyl adjacent to an activating group) is 1. The number of amides is 2. The predicted octanol–water partition coefficient (Wildman–Crippen LogP) is 0.00280. The van der Waals surface area contributed by atoms with Gasteiger partial charge in [-0.3, -0.25) is 14.4 Å². The van der Waals surface area contributed by atoms with E-state index in [1.165, 1.54) is 4.31 Å². The molecule has 2 fully saturated rings. The van der Waals surface area contributed by atoms with Crippen LogP contribution in [0.2, 0.25) is 0 Å². The summed E-state index contributed by atoms with van der Waals surface area (Å²) in [6, 6.07) is 7.32. The van der Waals surface area contributed by atoms with Crippen LogP contribution in [0.3, 0.4) is 0 Å². The second kappa shape index (κ2) is 11.4. The van der Waals surface area contributed by atoms with Crippen LogP contribution in [0, 0.1) is 11.3 Å². The maximum Gasteiger partial charge on any atom is 0.237 e. The standard InChI is InChI=1S/C25H39N5O5S/c1-16(26-5)23(32)29-22(25(2,3)4)20(31)15-36(34,35)30-12-11-19-21(30)18(14-27-19)24(33)28-13-17-9-7-6-8-10-17/h6-10,16,18-19,21-22,26-27H,11-15H2,1-5H3,(H,28,33)(H,29,32). The highest BCUT2D eigenvalue weighted by atomic mass is 32.2. The second-order valence-electron chi connectivity index (χ2n) is 10.8. The number of hydrogen-bond donors (Lipinski definition) is 4. The first-order valence-corrected chi connectivity index (χ1v) is 14.0. The summed E-state index contributed by atoms with van der Waals surface area (Å²) in [6.45, 7) is 7.99. The van der Waals surface area contributed by atoms with Crippen molar-refractivity contribution in [3.8, 4) is 0 Å². The summed E-state index contributed by atoms with van der Waals surface area (Å²) < 4.78 is 28.2. The fourth-order valence-electron chi connectivity index (χ4n) is 4.90. The molecule has 200 valence electrons. The van der Waals surface area contributed by atoms with Crippen LogP contribution in [0.25, 0.3) is 0 Å². The largest absolute Gasteiger partial charge is 0.352 e. The molecule has 4 N–H and O–H groups in total. The van der Waals surface area contributed by atoms with E-state index in [1.807, 2.05) is 30.3 Å². The van der Waals surface area contributed by atoms with E-state index in [-0.39, 0.29) is 24.4 Å². The molecule has 10 nitrogen and oxygen atoms in total. The molecule has 2 saturated heterocycles. The maximum absolute atomic E-state index is 13.5. The molecule has 2 heterocycles. The first kappa shape index (κ1) is 28.2. The lowest BCUT2D eigenvalue weighted by Gasteiger charge is -2.32. The summed E-state index contributed by atoms with van der Waals surface area (Å²) in [5.41, 5.74) is 0.274. The summed E-state index contributed by atoms with van der Waals surface area (Å²) in [6.07, 6.45) is 0.569. The van der Waals surface area contributed by atoms with E-state index >= 15 is 0 Å². The number of carbonyl (C=O) groups is 3. The molecule has 1 aromatic rings. The van der Waals surface area contributed by atoms with Crippen molar-refractivity contribution < 1.29 is 22.8 Å². The fraction of sp³-hybridized carbons (Fsp3) is 0.640. The molecule has 0 radical (unpaired) electrons. The van der Waals surface area contributed by atoms with Crippen LogP contribution in [0.15, 0.2) is 30.3 Å². The summed E-state index contributed by atoms with van der Waals surface area (Å²) in [7, 11) is -2.38. The Morgan fingerprint density at radius 1 is 1.17 bits per heavy atom. The topological polar surface area (TPSA) is 137 Å². The van der Waals surface area contributed by atoms with Gasteiger partial charge in [0.05, 0.1) is 24.0 Å². The number of fused-ring (bicyclic) bond motifs is 1. The average molecular weight is 522 g/mol. The molecule has 0 spiro atoms. The van der Waals surface area contributed by atoms with Gasteiger partial charge in [-0.25, -0.2) is 8.42 Å². The third-order valence-electron chi connectivity index (χ3n) is 7.05. The zero-order chi connectivity index (χ0) is 26.7. The maximum atomic E-state index is 13.5. The summed E-state index contributed by atoms with van der Waals surface area (Å²) in [4.78, 5) is 38.7. The molecule has 2 aliphatic heterocycles. The van der Waals surface area contributed by atoms with Gasteiger partial charge in [-0.2, -0.15) is 4.31 Å². The monoisotopic (exact) mass is 521 g/mol. The van der Waals surface area contributed by atoms with Crippen molar-refractivity contribution >= 4 is 27.6 Å². The van der Waals surface area contributed by atoms with E-state index in [0.717, 1.165) is 5.56 Å². The number of benzene rings is 1. The number of Topliss-reactive ketones (excluding diaryl/α,β-unsaturated/α-hetero) is 1. The highest BCUT2D eigenvalue weighted by Crippen LogP contribution is 2.32. The van der Waals surface area contributed by atoms with Crippen LogP contribution in [-0.4, -0.2) is 80.4 Å². The van der Waals surface area contributed by atoms with E-state index in [2.05, 4.69) is 21.3 Å². The van der Waals surface area contributed by atoms with Gasteiger partial charge in [-0.15, -0.1) is 0 Å². The number of sulfonamides is 1. The van der Waals surface area contributed by atoms with Crippen LogP contribution in [-0.2, 0) is 31.0 Å². The molecule has 0 bridgehead atoms. The normalized spacial score (nSPS) is 24.1. The van der Waals surface area contributed by atoms with Gasteiger partial charge in [0.1, 0.15) is 5.75 Å². The van der Waals surface area contributed by atoms with Gasteiger partial charge < -0.3 is 21.3 Å². The predicted molar refractivity (Wildman–Crippen MR) is 137 cm³/mol. The Labute approximate surface area is 214 Å². The van der Waals surface area contributed by atoms with E-state index in [9.17, 15) is 22.8 Å². The van der Waals surface area contributed by atoms with E-state index in [1.54, 1.807) is 34.7 Å². The minimum Gasteiger partial charge on any atom is -0.352 e. The molecule has 2 aliphatic rings. The van der Waals surface area contributed by atoms with Crippen molar-refractivity contribution in [2.24, 2.45) is 11.3 Å². The van der Waals surface area contributed by atoms with Crippen molar-refractivity contribution in [1.82, 2.24) is 25.6 Å². The quantitative estimate of drug-likeness (QED) is 0.340. The number of ketones is 1. The zero-order valence-electron chi connectivity index (χ0n) is 21.7. The van der Waals surface area contributed by atoms with E-state index in [4.69, 9.17) is 0 Å². The van der Waals surface area contributed by atoms with Crippen molar-refractivity contribution in [3.05, 3.63) is 35.9 Å². The first-order valence-electron chi connectivity index (χ1n) is 12.4.